The summed E-state index contributed by atoms with van der Waals surface area (Å²) in [6.45, 7) is 1.64. The smallest absolute Gasteiger partial charge is 0.399 e. The second-order valence-corrected chi connectivity index (χ2v) is 4.47. The number of hydrogen-bond acceptors (Lipinski definition) is 7. The lowest BCUT2D eigenvalue weighted by atomic mass is 10.2. The molecule has 8 nitrogen and oxygen atoms in total. The normalized spacial score (nSPS) is 20.6. The van der Waals surface area contributed by atoms with Gasteiger partial charge in [0.1, 0.15) is 12.7 Å². The van der Waals surface area contributed by atoms with E-state index in [2.05, 4.69) is 20.3 Å². The van der Waals surface area contributed by atoms with Crippen LogP contribution in [0.25, 0.3) is 0 Å². The third-order valence-electron chi connectivity index (χ3n) is 2.77. The molecule has 1 heterocycles. The number of cyclic esters (lactones) is 1. The summed E-state index contributed by atoms with van der Waals surface area (Å²) in [4.78, 5) is 34.1. The molecule has 112 valence electrons. The Morgan fingerprint density at radius 3 is 2.57 bits per heavy atom. The molecule has 1 fully saturated rings. The molecule has 0 spiro atoms. The van der Waals surface area contributed by atoms with Crippen LogP contribution in [0, 0.1) is 6.92 Å². The molecule has 8 heteroatoms. The van der Waals surface area contributed by atoms with E-state index in [0.29, 0.717) is 5.69 Å². The lowest BCUT2D eigenvalue weighted by Gasteiger charge is -2.12. The highest BCUT2D eigenvalue weighted by Gasteiger charge is 2.40. The SMILES string of the molecule is Cc1ccc(NNC(=O)C(=O)O[C@@H]2C(=O)OC[C@@H]2O)cc1. The topological polar surface area (TPSA) is 114 Å². The van der Waals surface area contributed by atoms with Crippen LogP contribution in [0.5, 0.6) is 0 Å². The summed E-state index contributed by atoms with van der Waals surface area (Å²) >= 11 is 0. The molecule has 2 rings (SSSR count). The van der Waals surface area contributed by atoms with Crippen LogP contribution in [0.15, 0.2) is 24.3 Å². The molecular weight excluding hydrogens is 280 g/mol. The molecule has 0 saturated carbocycles. The van der Waals surface area contributed by atoms with Crippen molar-refractivity contribution in [1.82, 2.24) is 5.43 Å². The molecule has 1 saturated heterocycles. The fourth-order valence-electron chi connectivity index (χ4n) is 1.61. The predicted molar refractivity (Wildman–Crippen MR) is 69.8 cm³/mol. The van der Waals surface area contributed by atoms with Gasteiger partial charge in [-0.15, -0.1) is 0 Å². The lowest BCUT2D eigenvalue weighted by Crippen LogP contribution is -2.41. The highest BCUT2D eigenvalue weighted by Crippen LogP contribution is 2.11. The first-order valence-electron chi connectivity index (χ1n) is 6.15. The maximum absolute atomic E-state index is 11.5. The van der Waals surface area contributed by atoms with Crippen molar-refractivity contribution in [2.45, 2.75) is 19.1 Å². The van der Waals surface area contributed by atoms with Crippen molar-refractivity contribution >= 4 is 23.5 Å². The van der Waals surface area contributed by atoms with Crippen molar-refractivity contribution in [1.29, 1.82) is 0 Å². The van der Waals surface area contributed by atoms with E-state index in [1.54, 1.807) is 12.1 Å². The maximum atomic E-state index is 11.5. The van der Waals surface area contributed by atoms with Crippen molar-refractivity contribution in [2.24, 2.45) is 0 Å². The van der Waals surface area contributed by atoms with Gasteiger partial charge in [-0.1, -0.05) is 17.7 Å². The molecular formula is C13H14N2O6. The van der Waals surface area contributed by atoms with Gasteiger partial charge in [0.2, 0.25) is 6.10 Å². The number of esters is 2. The van der Waals surface area contributed by atoms with E-state index < -0.39 is 30.1 Å². The van der Waals surface area contributed by atoms with Crippen molar-refractivity contribution in [2.75, 3.05) is 12.0 Å². The van der Waals surface area contributed by atoms with Crippen LogP contribution in [-0.2, 0) is 23.9 Å². The molecule has 0 aromatic heterocycles. The molecule has 1 aliphatic heterocycles. The summed E-state index contributed by atoms with van der Waals surface area (Å²) in [7, 11) is 0. The van der Waals surface area contributed by atoms with Gasteiger partial charge in [0, 0.05) is 0 Å². The van der Waals surface area contributed by atoms with Crippen LogP contribution >= 0.6 is 0 Å². The Morgan fingerprint density at radius 2 is 2.00 bits per heavy atom. The first-order valence-corrected chi connectivity index (χ1v) is 6.15. The summed E-state index contributed by atoms with van der Waals surface area (Å²) in [6, 6.07) is 7.05. The summed E-state index contributed by atoms with van der Waals surface area (Å²) in [6.07, 6.45) is -2.73. The van der Waals surface area contributed by atoms with Crippen LogP contribution in [0.4, 0.5) is 5.69 Å². The molecule has 2 atom stereocenters. The van der Waals surface area contributed by atoms with Gasteiger partial charge in [0.25, 0.3) is 0 Å². The zero-order chi connectivity index (χ0) is 15.4. The number of nitrogens with one attached hydrogen (secondary N) is 2. The number of benzene rings is 1. The van der Waals surface area contributed by atoms with Crippen molar-refractivity contribution in [3.8, 4) is 0 Å². The number of carbonyl (C=O) groups is 3. The number of carbonyl (C=O) groups excluding carboxylic acids is 3. The van der Waals surface area contributed by atoms with Gasteiger partial charge in [-0.2, -0.15) is 0 Å². The summed E-state index contributed by atoms with van der Waals surface area (Å²) in [5.41, 5.74) is 6.26. The van der Waals surface area contributed by atoms with E-state index in [1.165, 1.54) is 0 Å². The summed E-state index contributed by atoms with van der Waals surface area (Å²) in [5.74, 6) is -3.27. The Hall–Kier alpha value is -2.61. The minimum atomic E-state index is -1.47. The average Bonchev–Trinajstić information content (AvgIpc) is 2.78. The molecule has 0 bridgehead atoms. The minimum Gasteiger partial charge on any atom is -0.460 e. The Balaban J connectivity index is 1.84. The number of amides is 1. The number of aliphatic hydroxyl groups excluding tert-OH is 1. The fourth-order valence-corrected chi connectivity index (χ4v) is 1.61. The largest absolute Gasteiger partial charge is 0.460 e. The zero-order valence-electron chi connectivity index (χ0n) is 11.2. The Morgan fingerprint density at radius 1 is 1.33 bits per heavy atom. The Bertz CT molecular complexity index is 556. The Labute approximate surface area is 120 Å². The van der Waals surface area contributed by atoms with E-state index in [1.807, 2.05) is 19.1 Å². The number of aliphatic hydroxyl groups is 1. The standard InChI is InChI=1S/C13H14N2O6/c1-7-2-4-8(5-3-7)14-15-11(17)13(19)21-10-9(16)6-20-12(10)18/h2-5,9-10,14,16H,6H2,1H3,(H,15,17)/t9-,10-/m0/s1. The Kier molecular flexibility index (Phi) is 4.39. The first-order chi connectivity index (χ1) is 9.97. The van der Waals surface area contributed by atoms with Gasteiger partial charge in [0.05, 0.1) is 5.69 Å². The first kappa shape index (κ1) is 14.8. The molecule has 0 radical (unpaired) electrons. The van der Waals surface area contributed by atoms with Crippen molar-refractivity contribution < 1.29 is 29.0 Å². The molecule has 1 aromatic carbocycles. The maximum Gasteiger partial charge on any atom is 0.399 e. The summed E-state index contributed by atoms with van der Waals surface area (Å²) in [5, 5.41) is 9.35. The van der Waals surface area contributed by atoms with Gasteiger partial charge in [0.15, 0.2) is 0 Å². The van der Waals surface area contributed by atoms with Crippen LogP contribution in [0.3, 0.4) is 0 Å². The molecule has 0 unspecified atom stereocenters. The monoisotopic (exact) mass is 294 g/mol. The fraction of sp³-hybridized carbons (Fsp3) is 0.308. The number of anilines is 1. The molecule has 1 aromatic rings. The van der Waals surface area contributed by atoms with E-state index >= 15 is 0 Å². The third kappa shape index (κ3) is 3.69. The van der Waals surface area contributed by atoms with Crippen molar-refractivity contribution in [3.63, 3.8) is 0 Å². The lowest BCUT2D eigenvalue weighted by molar-refractivity contribution is -0.167. The van der Waals surface area contributed by atoms with Gasteiger partial charge in [-0.3, -0.25) is 15.6 Å². The molecule has 1 amide bonds. The number of hydrogen-bond donors (Lipinski definition) is 3. The van der Waals surface area contributed by atoms with Crippen LogP contribution < -0.4 is 10.9 Å². The molecule has 0 aliphatic carbocycles. The molecule has 1 aliphatic rings. The summed E-state index contributed by atoms with van der Waals surface area (Å²) < 4.78 is 9.08. The number of ether oxygens (including phenoxy) is 2. The van der Waals surface area contributed by atoms with Gasteiger partial charge >= 0.3 is 17.8 Å². The van der Waals surface area contributed by atoms with Crippen molar-refractivity contribution in [3.05, 3.63) is 29.8 Å². The zero-order valence-corrected chi connectivity index (χ0v) is 11.2. The third-order valence-corrected chi connectivity index (χ3v) is 2.77. The highest BCUT2D eigenvalue weighted by atomic mass is 16.6. The minimum absolute atomic E-state index is 0.264. The van der Waals surface area contributed by atoms with Crippen LogP contribution in [0.2, 0.25) is 0 Å². The second-order valence-electron chi connectivity index (χ2n) is 4.47. The molecule has 3 N–H and O–H groups in total. The quantitative estimate of drug-likeness (QED) is 0.382. The van der Waals surface area contributed by atoms with E-state index in [4.69, 9.17) is 0 Å². The van der Waals surface area contributed by atoms with Crippen LogP contribution in [0.1, 0.15) is 5.56 Å². The number of aryl methyl sites for hydroxylation is 1. The number of rotatable bonds is 3. The van der Waals surface area contributed by atoms with Gasteiger partial charge < -0.3 is 14.6 Å². The molecule has 21 heavy (non-hydrogen) atoms. The number of hydrazine groups is 1. The van der Waals surface area contributed by atoms with Crippen LogP contribution in [-0.4, -0.2) is 41.8 Å². The average molecular weight is 294 g/mol. The highest BCUT2D eigenvalue weighted by molar-refractivity contribution is 6.32. The second kappa shape index (κ2) is 6.23. The van der Waals surface area contributed by atoms with E-state index in [0.717, 1.165) is 5.56 Å². The predicted octanol–water partition coefficient (Wildman–Crippen LogP) is -0.732. The van der Waals surface area contributed by atoms with E-state index in [-0.39, 0.29) is 6.61 Å². The van der Waals surface area contributed by atoms with Gasteiger partial charge in [-0.25, -0.2) is 9.59 Å². The van der Waals surface area contributed by atoms with Gasteiger partial charge in [-0.05, 0) is 19.1 Å². The van der Waals surface area contributed by atoms with E-state index in [9.17, 15) is 19.5 Å².